The number of para-hydroxylation sites is 1. The molecular weight excluding hydrogens is 430 g/mol. The van der Waals surface area contributed by atoms with Gasteiger partial charge in [-0.2, -0.15) is 5.10 Å². The van der Waals surface area contributed by atoms with Crippen molar-refractivity contribution in [2.24, 2.45) is 5.92 Å². The number of carboxylic acids is 1. The van der Waals surface area contributed by atoms with Crippen molar-refractivity contribution in [1.29, 1.82) is 0 Å². The molecule has 2 aliphatic heterocycles. The van der Waals surface area contributed by atoms with Crippen LogP contribution in [0.25, 0.3) is 16.7 Å². The van der Waals surface area contributed by atoms with Crippen LogP contribution >= 0.6 is 0 Å². The second-order valence-electron chi connectivity index (χ2n) is 9.85. The highest BCUT2D eigenvalue weighted by Gasteiger charge is 2.40. The maximum Gasteiger partial charge on any atom is 0.354 e. The van der Waals surface area contributed by atoms with Gasteiger partial charge >= 0.3 is 5.97 Å². The number of hydrogen-bond donors (Lipinski definition) is 1. The van der Waals surface area contributed by atoms with Crippen LogP contribution in [0.2, 0.25) is 0 Å². The van der Waals surface area contributed by atoms with Crippen molar-refractivity contribution in [1.82, 2.24) is 19.7 Å². The van der Waals surface area contributed by atoms with Crippen molar-refractivity contribution in [3.8, 4) is 5.69 Å². The normalized spacial score (nSPS) is 22.6. The topological polar surface area (TPSA) is 91.6 Å². The van der Waals surface area contributed by atoms with Crippen LogP contribution in [0.3, 0.4) is 0 Å². The first-order valence-electron chi connectivity index (χ1n) is 12.3. The average Bonchev–Trinajstić information content (AvgIpc) is 3.39. The molecule has 176 valence electrons. The molecule has 4 heterocycles. The van der Waals surface area contributed by atoms with Gasteiger partial charge in [0.25, 0.3) is 0 Å². The molecule has 3 aliphatic rings. The van der Waals surface area contributed by atoms with Gasteiger partial charge in [-0.25, -0.2) is 14.5 Å². The first kappa shape index (κ1) is 21.1. The van der Waals surface area contributed by atoms with Crippen molar-refractivity contribution in [2.45, 2.75) is 51.0 Å². The number of carboxylic acid groups (broad SMARTS) is 1. The second-order valence-corrected chi connectivity index (χ2v) is 9.85. The highest BCUT2D eigenvalue weighted by molar-refractivity contribution is 5.98. The number of benzene rings is 1. The largest absolute Gasteiger partial charge is 0.477 e. The van der Waals surface area contributed by atoms with E-state index in [1.807, 2.05) is 39.9 Å². The summed E-state index contributed by atoms with van der Waals surface area (Å²) >= 11 is 0. The van der Waals surface area contributed by atoms with Crippen LogP contribution in [0, 0.1) is 5.92 Å². The van der Waals surface area contributed by atoms with Crippen LogP contribution in [-0.4, -0.2) is 62.3 Å². The van der Waals surface area contributed by atoms with Crippen LogP contribution in [0.4, 0.5) is 5.69 Å². The smallest absolute Gasteiger partial charge is 0.354 e. The van der Waals surface area contributed by atoms with E-state index in [9.17, 15) is 14.7 Å². The molecule has 8 heteroatoms. The lowest BCUT2D eigenvalue weighted by Crippen LogP contribution is -2.47. The number of rotatable bonds is 4. The molecule has 0 bridgehead atoms. The minimum absolute atomic E-state index is 0.0404. The van der Waals surface area contributed by atoms with Gasteiger partial charge in [0.2, 0.25) is 5.91 Å². The predicted molar refractivity (Wildman–Crippen MR) is 129 cm³/mol. The number of nitrogens with zero attached hydrogens (tertiary/aromatic N) is 5. The molecule has 0 radical (unpaired) electrons. The Balaban J connectivity index is 1.49. The predicted octanol–water partition coefficient (Wildman–Crippen LogP) is 3.83. The SMILES string of the molecule is CC(=O)N1CC[C@@H]2CN(c3cc(C(=O)O)nc4c3c(C3CCC3)nn4-c3ccccc3)CC[C@@H]21. The fourth-order valence-corrected chi connectivity index (χ4v) is 5.99. The number of likely N-dealkylation sites (tertiary alicyclic amines) is 1. The van der Waals surface area contributed by atoms with Gasteiger partial charge in [-0.1, -0.05) is 24.6 Å². The van der Waals surface area contributed by atoms with Gasteiger partial charge in [0.15, 0.2) is 11.3 Å². The van der Waals surface area contributed by atoms with Gasteiger partial charge in [0.05, 0.1) is 22.5 Å². The van der Waals surface area contributed by atoms with Crippen LogP contribution < -0.4 is 4.90 Å². The van der Waals surface area contributed by atoms with Crippen molar-refractivity contribution in [3.63, 3.8) is 0 Å². The molecule has 8 nitrogen and oxygen atoms in total. The third-order valence-electron chi connectivity index (χ3n) is 7.94. The van der Waals surface area contributed by atoms with E-state index >= 15 is 0 Å². The van der Waals surface area contributed by atoms with Crippen LogP contribution in [0.15, 0.2) is 36.4 Å². The lowest BCUT2D eigenvalue weighted by molar-refractivity contribution is -0.130. The Kier molecular flexibility index (Phi) is 5.04. The fourth-order valence-electron chi connectivity index (χ4n) is 5.99. The van der Waals surface area contributed by atoms with Gasteiger partial charge in [-0.3, -0.25) is 4.79 Å². The first-order chi connectivity index (χ1) is 16.5. The number of aromatic nitrogens is 3. The maximum absolute atomic E-state index is 12.1. The zero-order valence-corrected chi connectivity index (χ0v) is 19.4. The van der Waals surface area contributed by atoms with Gasteiger partial charge in [-0.05, 0) is 49.8 Å². The number of anilines is 1. The summed E-state index contributed by atoms with van der Waals surface area (Å²) in [6.45, 7) is 4.06. The Hall–Kier alpha value is -3.42. The van der Waals surface area contributed by atoms with Crippen molar-refractivity contribution >= 4 is 28.6 Å². The van der Waals surface area contributed by atoms with E-state index in [1.54, 1.807) is 13.0 Å². The number of amides is 1. The zero-order chi connectivity index (χ0) is 23.4. The quantitative estimate of drug-likeness (QED) is 0.638. The van der Waals surface area contributed by atoms with Crippen LogP contribution in [0.1, 0.15) is 61.1 Å². The van der Waals surface area contributed by atoms with E-state index in [-0.39, 0.29) is 17.6 Å². The number of carbonyl (C=O) groups is 2. The Bertz CT molecular complexity index is 1270. The highest BCUT2D eigenvalue weighted by Crippen LogP contribution is 2.44. The van der Waals surface area contributed by atoms with Gasteiger partial charge in [0, 0.05) is 38.5 Å². The molecule has 3 fully saturated rings. The second kappa shape index (κ2) is 8.11. The lowest BCUT2D eigenvalue weighted by Gasteiger charge is -2.39. The van der Waals surface area contributed by atoms with Gasteiger partial charge < -0.3 is 14.9 Å². The third kappa shape index (κ3) is 3.35. The van der Waals surface area contributed by atoms with Crippen molar-refractivity contribution in [2.75, 3.05) is 24.5 Å². The number of carbonyl (C=O) groups excluding carboxylic acids is 1. The van der Waals surface area contributed by atoms with Gasteiger partial charge in [0.1, 0.15) is 0 Å². The molecule has 2 atom stereocenters. The Morgan fingerprint density at radius 1 is 1.06 bits per heavy atom. The average molecular weight is 460 g/mol. The van der Waals surface area contributed by atoms with Crippen LogP contribution in [0.5, 0.6) is 0 Å². The highest BCUT2D eigenvalue weighted by atomic mass is 16.4. The van der Waals surface area contributed by atoms with E-state index in [0.717, 1.165) is 67.8 Å². The standard InChI is InChI=1S/C26H29N5O3/c1-16(32)30-13-10-18-15-29(12-11-21(18)30)22-14-20(26(33)34)27-25-23(22)24(17-6-5-7-17)28-31(25)19-8-3-2-4-9-19/h2-4,8-9,14,17-18,21H,5-7,10-13,15H2,1H3,(H,33,34)/t18-,21+/m1/s1. The van der Waals surface area contributed by atoms with E-state index < -0.39 is 5.97 Å². The molecule has 1 N–H and O–H groups in total. The van der Waals surface area contributed by atoms with E-state index in [4.69, 9.17) is 5.10 Å². The molecule has 2 aromatic heterocycles. The Labute approximate surface area is 198 Å². The summed E-state index contributed by atoms with van der Waals surface area (Å²) in [4.78, 5) is 33.1. The van der Waals surface area contributed by atoms with Gasteiger partial charge in [-0.15, -0.1) is 0 Å². The monoisotopic (exact) mass is 459 g/mol. The Morgan fingerprint density at radius 3 is 2.53 bits per heavy atom. The summed E-state index contributed by atoms with van der Waals surface area (Å²) in [5, 5.41) is 15.9. The fraction of sp³-hybridized carbons (Fsp3) is 0.462. The molecule has 3 aromatic rings. The molecular formula is C26H29N5O3. The lowest BCUT2D eigenvalue weighted by atomic mass is 9.81. The summed E-state index contributed by atoms with van der Waals surface area (Å²) in [5.41, 5.74) is 3.49. The first-order valence-corrected chi connectivity index (χ1v) is 12.3. The number of aromatic carboxylic acids is 1. The number of fused-ring (bicyclic) bond motifs is 2. The van der Waals surface area contributed by atoms with Crippen molar-refractivity contribution < 1.29 is 14.7 Å². The summed E-state index contributed by atoms with van der Waals surface area (Å²) in [5.74, 6) is -0.115. The zero-order valence-electron chi connectivity index (χ0n) is 19.4. The molecule has 34 heavy (non-hydrogen) atoms. The minimum atomic E-state index is -1.03. The molecule has 1 amide bonds. The number of piperidine rings is 1. The summed E-state index contributed by atoms with van der Waals surface area (Å²) in [6, 6.07) is 11.8. The number of pyridine rings is 1. The summed E-state index contributed by atoms with van der Waals surface area (Å²) in [7, 11) is 0. The van der Waals surface area contributed by atoms with E-state index in [0.29, 0.717) is 17.5 Å². The van der Waals surface area contributed by atoms with E-state index in [2.05, 4.69) is 9.88 Å². The third-order valence-corrected chi connectivity index (χ3v) is 7.94. The van der Waals surface area contributed by atoms with Crippen molar-refractivity contribution in [3.05, 3.63) is 47.8 Å². The maximum atomic E-state index is 12.1. The minimum Gasteiger partial charge on any atom is -0.477 e. The summed E-state index contributed by atoms with van der Waals surface area (Å²) in [6.07, 6.45) is 5.26. The molecule has 1 saturated carbocycles. The molecule has 2 saturated heterocycles. The Morgan fingerprint density at radius 2 is 1.85 bits per heavy atom. The van der Waals surface area contributed by atoms with E-state index in [1.165, 1.54) is 6.42 Å². The molecule has 0 unspecified atom stereocenters. The molecule has 0 spiro atoms. The number of hydrogen-bond acceptors (Lipinski definition) is 5. The molecule has 6 rings (SSSR count). The molecule has 1 aromatic carbocycles. The summed E-state index contributed by atoms with van der Waals surface area (Å²) < 4.78 is 1.82. The van der Waals surface area contributed by atoms with Crippen LogP contribution in [-0.2, 0) is 4.79 Å². The molecule has 1 aliphatic carbocycles.